The van der Waals surface area contributed by atoms with Gasteiger partial charge in [-0.05, 0) is 56.1 Å². The molecule has 1 saturated heterocycles. The quantitative estimate of drug-likeness (QED) is 0.534. The van der Waals surface area contributed by atoms with Crippen LogP contribution in [-0.2, 0) is 11.8 Å². The molecule has 158 valence electrons. The molecular formula is C25H32N3O2+. The second-order valence-electron chi connectivity index (χ2n) is 8.44. The summed E-state index contributed by atoms with van der Waals surface area (Å²) in [4.78, 5) is 7.14. The summed E-state index contributed by atoms with van der Waals surface area (Å²) in [5.74, 6) is 1.60. The fourth-order valence-corrected chi connectivity index (χ4v) is 5.15. The molecule has 5 nitrogen and oxygen atoms in total. The molecule has 0 aromatic heterocycles. The maximum absolute atomic E-state index is 5.59. The third-order valence-electron chi connectivity index (χ3n) is 6.88. The van der Waals surface area contributed by atoms with E-state index in [-0.39, 0.29) is 5.41 Å². The second kappa shape index (κ2) is 9.03. The molecule has 30 heavy (non-hydrogen) atoms. The van der Waals surface area contributed by atoms with E-state index in [1.54, 1.807) is 14.2 Å². The third kappa shape index (κ3) is 4.00. The number of likely N-dealkylation sites (tertiary alicyclic amines) is 1. The normalized spacial score (nSPS) is 23.6. The highest BCUT2D eigenvalue weighted by atomic mass is 16.5. The highest BCUT2D eigenvalue weighted by Crippen LogP contribution is 2.49. The number of hydrogen-bond acceptors (Lipinski definition) is 4. The van der Waals surface area contributed by atoms with Gasteiger partial charge in [-0.1, -0.05) is 36.4 Å². The van der Waals surface area contributed by atoms with E-state index in [4.69, 9.17) is 9.47 Å². The molecule has 2 fully saturated rings. The van der Waals surface area contributed by atoms with Crippen molar-refractivity contribution in [2.75, 3.05) is 34.4 Å². The molecule has 2 aromatic carbocycles. The number of methoxy groups -OCH3 is 2. The maximum atomic E-state index is 5.59. The van der Waals surface area contributed by atoms with E-state index in [0.29, 0.717) is 6.04 Å². The van der Waals surface area contributed by atoms with Crippen molar-refractivity contribution in [1.82, 2.24) is 4.90 Å². The maximum Gasteiger partial charge on any atom is 0.320 e. The van der Waals surface area contributed by atoms with Gasteiger partial charge in [0.1, 0.15) is 6.54 Å². The van der Waals surface area contributed by atoms with Crippen LogP contribution in [-0.4, -0.2) is 55.8 Å². The highest BCUT2D eigenvalue weighted by Gasteiger charge is 2.52. The summed E-state index contributed by atoms with van der Waals surface area (Å²) >= 11 is 0. The number of fused-ring (bicyclic) bond motifs is 1. The van der Waals surface area contributed by atoms with Crippen LogP contribution in [0.1, 0.15) is 36.8 Å². The zero-order valence-corrected chi connectivity index (χ0v) is 18.3. The zero-order valence-electron chi connectivity index (χ0n) is 18.3. The van der Waals surface area contributed by atoms with Crippen LogP contribution in [0, 0.1) is 0 Å². The molecule has 4 rings (SSSR count). The van der Waals surface area contributed by atoms with Crippen LogP contribution in [0.5, 0.6) is 11.5 Å². The van der Waals surface area contributed by atoms with Crippen molar-refractivity contribution < 1.29 is 14.3 Å². The number of nitrogens with zero attached hydrogens (tertiary/aromatic N) is 3. The van der Waals surface area contributed by atoms with Gasteiger partial charge < -0.3 is 14.4 Å². The summed E-state index contributed by atoms with van der Waals surface area (Å²) in [6.45, 7) is 1.85. The van der Waals surface area contributed by atoms with Gasteiger partial charge in [-0.25, -0.2) is 0 Å². The number of ether oxygens (including phenoxy) is 2. The first-order valence-electron chi connectivity index (χ1n) is 10.8. The Morgan fingerprint density at radius 2 is 1.87 bits per heavy atom. The van der Waals surface area contributed by atoms with Gasteiger partial charge in [-0.2, -0.15) is 0 Å². The molecule has 1 aliphatic heterocycles. The molecule has 1 heterocycles. The van der Waals surface area contributed by atoms with E-state index in [1.165, 1.54) is 23.3 Å². The summed E-state index contributed by atoms with van der Waals surface area (Å²) in [7, 11) is 5.63. The van der Waals surface area contributed by atoms with E-state index < -0.39 is 0 Å². The Kier molecular flexibility index (Phi) is 6.21. The van der Waals surface area contributed by atoms with Crippen LogP contribution in [0.15, 0.2) is 53.6 Å². The number of rotatable bonds is 6. The van der Waals surface area contributed by atoms with E-state index >= 15 is 0 Å². The number of benzene rings is 2. The lowest BCUT2D eigenvalue weighted by Crippen LogP contribution is -2.46. The Morgan fingerprint density at radius 1 is 1.07 bits per heavy atom. The summed E-state index contributed by atoms with van der Waals surface area (Å²) in [5.41, 5.74) is 4.05. The average molecular weight is 407 g/mol. The van der Waals surface area contributed by atoms with E-state index in [9.17, 15) is 0 Å². The molecule has 2 aliphatic rings. The predicted octanol–water partition coefficient (Wildman–Crippen LogP) is 4.17. The second-order valence-corrected chi connectivity index (χ2v) is 8.44. The number of hydrogen-bond donors (Lipinski definition) is 0. The lowest BCUT2D eigenvalue weighted by molar-refractivity contribution is -0.0997. The summed E-state index contributed by atoms with van der Waals surface area (Å²) < 4.78 is 11.0. The first-order chi connectivity index (χ1) is 14.7. The largest absolute Gasteiger partial charge is 0.493 e. The highest BCUT2D eigenvalue weighted by molar-refractivity contribution is 5.81. The van der Waals surface area contributed by atoms with Crippen LogP contribution in [0.3, 0.4) is 0 Å². The predicted molar refractivity (Wildman–Crippen MR) is 119 cm³/mol. The Labute approximate surface area is 179 Å². The Morgan fingerprint density at radius 3 is 2.63 bits per heavy atom. The van der Waals surface area contributed by atoms with E-state index in [1.807, 2.05) is 12.1 Å². The fraction of sp³-hybridized carbons (Fsp3) is 0.480. The first-order valence-corrected chi connectivity index (χ1v) is 10.8. The van der Waals surface area contributed by atoms with Gasteiger partial charge in [0.25, 0.3) is 0 Å². The van der Waals surface area contributed by atoms with Gasteiger partial charge in [0, 0.05) is 16.2 Å². The van der Waals surface area contributed by atoms with Gasteiger partial charge in [0.2, 0.25) is 0 Å². The first kappa shape index (κ1) is 20.6. The van der Waals surface area contributed by atoms with Crippen molar-refractivity contribution in [2.24, 2.45) is 5.11 Å². The molecule has 0 N–H and O–H groups in total. The average Bonchev–Trinajstić information content (AvgIpc) is 3.14. The molecule has 1 aliphatic carbocycles. The van der Waals surface area contributed by atoms with Gasteiger partial charge in [-0.3, -0.25) is 0 Å². The summed E-state index contributed by atoms with van der Waals surface area (Å²) in [6, 6.07) is 17.4. The van der Waals surface area contributed by atoms with Crippen LogP contribution in [0.4, 0.5) is 0 Å². The van der Waals surface area contributed by atoms with Crippen molar-refractivity contribution in [3.05, 3.63) is 59.7 Å². The minimum atomic E-state index is 0.150. The van der Waals surface area contributed by atoms with Crippen molar-refractivity contribution in [1.29, 1.82) is 0 Å². The molecular weight excluding hydrogens is 374 g/mol. The molecule has 0 bridgehead atoms. The van der Waals surface area contributed by atoms with E-state index in [2.05, 4.69) is 58.2 Å². The third-order valence-corrected chi connectivity index (χ3v) is 6.88. The SMILES string of the molecule is COc1ccc([C@@]23CCC(=[N+]=NCCc4ccccc4)C[C@@H]2N(C)CC3)cc1OC. The van der Waals surface area contributed by atoms with Crippen molar-refractivity contribution in [2.45, 2.75) is 43.6 Å². The lowest BCUT2D eigenvalue weighted by atomic mass is 9.65. The monoisotopic (exact) mass is 406 g/mol. The van der Waals surface area contributed by atoms with Crippen LogP contribution < -0.4 is 9.47 Å². The van der Waals surface area contributed by atoms with Crippen LogP contribution in [0.2, 0.25) is 0 Å². The van der Waals surface area contributed by atoms with Crippen LogP contribution in [0.25, 0.3) is 0 Å². The topological polar surface area (TPSA) is 48.2 Å². The van der Waals surface area contributed by atoms with E-state index in [0.717, 1.165) is 50.3 Å². The van der Waals surface area contributed by atoms with Crippen LogP contribution >= 0.6 is 0 Å². The molecule has 1 saturated carbocycles. The summed E-state index contributed by atoms with van der Waals surface area (Å²) in [5, 5.41) is 4.51. The van der Waals surface area contributed by atoms with Gasteiger partial charge in [-0.15, -0.1) is 0 Å². The lowest BCUT2D eigenvalue weighted by Gasteiger charge is -2.39. The Hall–Kier alpha value is -2.62. The molecule has 5 heteroatoms. The van der Waals surface area contributed by atoms with Crippen molar-refractivity contribution >= 4 is 5.71 Å². The Bertz CT molecular complexity index is 937. The van der Waals surface area contributed by atoms with Gasteiger partial charge in [0.05, 0.1) is 32.2 Å². The zero-order chi connectivity index (χ0) is 21.0. The van der Waals surface area contributed by atoms with Gasteiger partial charge in [0.15, 0.2) is 11.5 Å². The molecule has 0 amide bonds. The van der Waals surface area contributed by atoms with Crippen molar-refractivity contribution in [3.63, 3.8) is 0 Å². The number of likely N-dealkylation sites (N-methyl/N-ethyl adjacent to an activating group) is 1. The molecule has 0 radical (unpaired) electrons. The molecule has 2 atom stereocenters. The molecule has 0 spiro atoms. The summed E-state index contributed by atoms with van der Waals surface area (Å²) in [6.07, 6.45) is 5.20. The molecule has 2 aromatic rings. The molecule has 0 unspecified atom stereocenters. The van der Waals surface area contributed by atoms with Crippen molar-refractivity contribution in [3.8, 4) is 11.5 Å². The fourth-order valence-electron chi connectivity index (χ4n) is 5.15. The minimum Gasteiger partial charge on any atom is -0.493 e. The smallest absolute Gasteiger partial charge is 0.320 e. The van der Waals surface area contributed by atoms with Gasteiger partial charge >= 0.3 is 5.71 Å². The minimum absolute atomic E-state index is 0.150. The Balaban J connectivity index is 1.51. The standard InChI is InChI=1S/C25H32N3O2/c1-28-16-14-25(20-9-10-22(29-2)23(17-20)30-3)13-11-21(18-24(25)28)27-26-15-12-19-7-5-4-6-8-19/h4-10,17,24H,11-16,18H2,1-3H3/q+1/t24-,25-/m0/s1.